The van der Waals surface area contributed by atoms with Crippen molar-refractivity contribution >= 4 is 5.91 Å². The summed E-state index contributed by atoms with van der Waals surface area (Å²) >= 11 is 0. The lowest BCUT2D eigenvalue weighted by molar-refractivity contribution is 0.0581. The van der Waals surface area contributed by atoms with Gasteiger partial charge in [0, 0.05) is 18.9 Å². The van der Waals surface area contributed by atoms with Crippen LogP contribution in [0.1, 0.15) is 46.2 Å². The van der Waals surface area contributed by atoms with Crippen LogP contribution in [0.2, 0.25) is 0 Å². The number of hydrogen-bond donors (Lipinski definition) is 0. The summed E-state index contributed by atoms with van der Waals surface area (Å²) in [5.74, 6) is 1.42. The van der Waals surface area contributed by atoms with Crippen LogP contribution < -0.4 is 0 Å². The van der Waals surface area contributed by atoms with Crippen molar-refractivity contribution < 1.29 is 9.32 Å². The smallest absolute Gasteiger partial charge is 0.260 e. The maximum atomic E-state index is 13.4. The van der Waals surface area contributed by atoms with E-state index >= 15 is 0 Å². The fourth-order valence-corrected chi connectivity index (χ4v) is 3.46. The van der Waals surface area contributed by atoms with Gasteiger partial charge in [0.25, 0.3) is 5.91 Å². The van der Waals surface area contributed by atoms with Crippen molar-refractivity contribution in [3.05, 3.63) is 71.1 Å². The molecule has 0 radical (unpaired) electrons. The number of carbonyl (C=O) groups excluding carboxylic acids is 1. The third-order valence-corrected chi connectivity index (χ3v) is 4.79. The largest absolute Gasteiger partial charge is 0.361 e. The number of aryl methyl sites for hydroxylation is 2. The van der Waals surface area contributed by atoms with Crippen LogP contribution in [0, 0.1) is 6.92 Å². The van der Waals surface area contributed by atoms with Gasteiger partial charge in [-0.15, -0.1) is 0 Å². The van der Waals surface area contributed by atoms with E-state index in [1.165, 1.54) is 0 Å². The zero-order chi connectivity index (χ0) is 17.4. The Hall–Kier alpha value is -2.89. The van der Waals surface area contributed by atoms with Crippen molar-refractivity contribution in [1.29, 1.82) is 0 Å². The summed E-state index contributed by atoms with van der Waals surface area (Å²) in [6.45, 7) is 4.93. The van der Waals surface area contributed by atoms with E-state index in [0.29, 0.717) is 36.5 Å². The van der Waals surface area contributed by atoms with Crippen LogP contribution in [0.25, 0.3) is 0 Å². The molecule has 0 saturated carbocycles. The van der Waals surface area contributed by atoms with Gasteiger partial charge in [0.1, 0.15) is 17.1 Å². The molecule has 1 aliphatic heterocycles. The topological polar surface area (TPSA) is 64.2 Å². The number of nitrogens with zero attached hydrogens (tertiary/aromatic N) is 4. The van der Waals surface area contributed by atoms with Gasteiger partial charge in [-0.1, -0.05) is 42.4 Å². The molecule has 6 heteroatoms. The van der Waals surface area contributed by atoms with E-state index in [2.05, 4.69) is 26.8 Å². The normalized spacial score (nSPS) is 16.7. The highest BCUT2D eigenvalue weighted by atomic mass is 16.5. The van der Waals surface area contributed by atoms with Crippen LogP contribution in [0.15, 0.2) is 47.2 Å². The van der Waals surface area contributed by atoms with Crippen LogP contribution in [0.5, 0.6) is 0 Å². The molecule has 1 aromatic carbocycles. The van der Waals surface area contributed by atoms with E-state index < -0.39 is 0 Å². The fraction of sp³-hybridized carbons (Fsp3) is 0.316. The average molecular weight is 336 g/mol. The second kappa shape index (κ2) is 6.20. The molecule has 1 aliphatic rings. The van der Waals surface area contributed by atoms with Crippen molar-refractivity contribution in [2.45, 2.75) is 39.4 Å². The molecule has 1 atom stereocenters. The summed E-state index contributed by atoms with van der Waals surface area (Å²) in [6, 6.07) is 10.1. The maximum Gasteiger partial charge on any atom is 0.260 e. The van der Waals surface area contributed by atoms with Gasteiger partial charge >= 0.3 is 0 Å². The molecule has 128 valence electrons. The highest BCUT2D eigenvalue weighted by Crippen LogP contribution is 2.31. The summed E-state index contributed by atoms with van der Waals surface area (Å²) in [6.07, 6.45) is 4.42. The lowest BCUT2D eigenvalue weighted by Gasteiger charge is -2.36. The van der Waals surface area contributed by atoms with Crippen LogP contribution in [0.4, 0.5) is 0 Å². The molecule has 6 nitrogen and oxygen atoms in total. The number of hydrogen-bond acceptors (Lipinski definition) is 4. The number of carbonyl (C=O) groups is 1. The molecule has 2 aromatic heterocycles. The molecule has 0 bridgehead atoms. The molecule has 3 heterocycles. The summed E-state index contributed by atoms with van der Waals surface area (Å²) in [7, 11) is 0. The minimum absolute atomic E-state index is 0.0429. The Bertz CT molecular complexity index is 897. The van der Waals surface area contributed by atoms with Gasteiger partial charge in [0.05, 0.1) is 18.3 Å². The summed E-state index contributed by atoms with van der Waals surface area (Å²) < 4.78 is 7.39. The summed E-state index contributed by atoms with van der Waals surface area (Å²) in [5.41, 5.74) is 2.41. The Kier molecular flexibility index (Phi) is 3.87. The average Bonchev–Trinajstić information content (AvgIpc) is 3.26. The molecule has 1 amide bonds. The minimum Gasteiger partial charge on any atom is -0.361 e. The number of amides is 1. The third kappa shape index (κ3) is 2.63. The Balaban J connectivity index is 1.77. The van der Waals surface area contributed by atoms with Gasteiger partial charge in [0.15, 0.2) is 0 Å². The number of imidazole rings is 1. The van der Waals surface area contributed by atoms with E-state index in [0.717, 1.165) is 11.4 Å². The van der Waals surface area contributed by atoms with Crippen LogP contribution in [-0.2, 0) is 19.5 Å². The lowest BCUT2D eigenvalue weighted by atomic mass is 10.0. The number of benzene rings is 1. The molecular weight excluding hydrogens is 316 g/mol. The SMILES string of the molecule is CCc1noc(C)c1C(=O)N1Cc2nccn2CC1c1ccccc1. The van der Waals surface area contributed by atoms with Crippen LogP contribution in [-0.4, -0.2) is 25.5 Å². The molecule has 25 heavy (non-hydrogen) atoms. The molecule has 0 fully saturated rings. The van der Waals surface area contributed by atoms with Gasteiger partial charge in [-0.25, -0.2) is 4.98 Å². The van der Waals surface area contributed by atoms with Gasteiger partial charge in [-0.2, -0.15) is 0 Å². The van der Waals surface area contributed by atoms with Crippen molar-refractivity contribution in [2.75, 3.05) is 0 Å². The Morgan fingerprint density at radius 2 is 2.12 bits per heavy atom. The van der Waals surface area contributed by atoms with Crippen molar-refractivity contribution in [1.82, 2.24) is 19.6 Å². The van der Waals surface area contributed by atoms with E-state index in [1.54, 1.807) is 13.1 Å². The molecule has 1 unspecified atom stereocenters. The second-order valence-corrected chi connectivity index (χ2v) is 6.27. The first-order valence-electron chi connectivity index (χ1n) is 8.50. The molecule has 0 saturated heterocycles. The first-order chi connectivity index (χ1) is 12.2. The third-order valence-electron chi connectivity index (χ3n) is 4.79. The first-order valence-corrected chi connectivity index (χ1v) is 8.50. The quantitative estimate of drug-likeness (QED) is 0.737. The lowest BCUT2D eigenvalue weighted by Crippen LogP contribution is -2.41. The highest BCUT2D eigenvalue weighted by Gasteiger charge is 2.34. The predicted molar refractivity (Wildman–Crippen MR) is 91.9 cm³/mol. The van der Waals surface area contributed by atoms with Gasteiger partial charge in [-0.05, 0) is 18.9 Å². The van der Waals surface area contributed by atoms with E-state index in [4.69, 9.17) is 4.52 Å². The van der Waals surface area contributed by atoms with Crippen LogP contribution in [0.3, 0.4) is 0 Å². The van der Waals surface area contributed by atoms with Crippen molar-refractivity contribution in [3.8, 4) is 0 Å². The number of rotatable bonds is 3. The van der Waals surface area contributed by atoms with Gasteiger partial charge in [0.2, 0.25) is 0 Å². The fourth-order valence-electron chi connectivity index (χ4n) is 3.46. The molecule has 3 aromatic rings. The van der Waals surface area contributed by atoms with Crippen LogP contribution >= 0.6 is 0 Å². The first kappa shape index (κ1) is 15.6. The predicted octanol–water partition coefficient (Wildman–Crippen LogP) is 3.14. The highest BCUT2D eigenvalue weighted by molar-refractivity contribution is 5.96. The van der Waals surface area contributed by atoms with E-state index in [1.807, 2.05) is 36.2 Å². The summed E-state index contributed by atoms with van der Waals surface area (Å²) in [5, 5.41) is 4.04. The zero-order valence-electron chi connectivity index (χ0n) is 14.3. The Morgan fingerprint density at radius 1 is 1.32 bits per heavy atom. The second-order valence-electron chi connectivity index (χ2n) is 6.27. The maximum absolute atomic E-state index is 13.4. The van der Waals surface area contributed by atoms with Gasteiger partial charge < -0.3 is 14.0 Å². The minimum atomic E-state index is -0.0468. The van der Waals surface area contributed by atoms with E-state index in [-0.39, 0.29) is 11.9 Å². The molecular formula is C19H20N4O2. The van der Waals surface area contributed by atoms with Crippen molar-refractivity contribution in [2.24, 2.45) is 0 Å². The molecule has 0 spiro atoms. The molecule has 4 rings (SSSR count). The summed E-state index contributed by atoms with van der Waals surface area (Å²) in [4.78, 5) is 19.6. The van der Waals surface area contributed by atoms with Crippen molar-refractivity contribution in [3.63, 3.8) is 0 Å². The molecule has 0 N–H and O–H groups in total. The monoisotopic (exact) mass is 336 g/mol. The molecule has 0 aliphatic carbocycles. The standard InChI is InChI=1S/C19H20N4O2/c1-3-15-18(13(2)25-21-15)19(24)23-12-17-20-9-10-22(17)11-16(23)14-7-5-4-6-8-14/h4-10,16H,3,11-12H2,1-2H3. The van der Waals surface area contributed by atoms with E-state index in [9.17, 15) is 4.79 Å². The number of aromatic nitrogens is 3. The number of fused-ring (bicyclic) bond motifs is 1. The Labute approximate surface area is 146 Å². The van der Waals surface area contributed by atoms with Gasteiger partial charge in [-0.3, -0.25) is 4.79 Å². The zero-order valence-corrected chi connectivity index (χ0v) is 14.3. The Morgan fingerprint density at radius 3 is 2.88 bits per heavy atom.